The molecule has 0 atom stereocenters. The highest BCUT2D eigenvalue weighted by atomic mass is 16.3. The number of fused-ring (bicyclic) bond motifs is 1. The highest BCUT2D eigenvalue weighted by Crippen LogP contribution is 2.48. The van der Waals surface area contributed by atoms with Gasteiger partial charge in [0.1, 0.15) is 0 Å². The fourth-order valence-corrected chi connectivity index (χ4v) is 2.71. The third-order valence-corrected chi connectivity index (χ3v) is 4.14. The Hall–Kier alpha value is -2.54. The Kier molecular flexibility index (Phi) is 2.11. The van der Waals surface area contributed by atoms with Crippen LogP contribution in [0.5, 0.6) is 0 Å². The first-order valence-electron chi connectivity index (χ1n) is 6.66. The molecule has 4 nitrogen and oxygen atoms in total. The lowest BCUT2D eigenvalue weighted by molar-refractivity contribution is 0.574. The van der Waals surface area contributed by atoms with E-state index in [1.54, 1.807) is 6.26 Å². The van der Waals surface area contributed by atoms with Gasteiger partial charge in [-0.3, -0.25) is 0 Å². The fraction of sp³-hybridized carbons (Fsp3) is 0.250. The van der Waals surface area contributed by atoms with E-state index in [9.17, 15) is 5.26 Å². The second kappa shape index (κ2) is 3.73. The largest absolute Gasteiger partial charge is 0.461 e. The van der Waals surface area contributed by atoms with Gasteiger partial charge < -0.3 is 8.98 Å². The number of benzene rings is 1. The summed E-state index contributed by atoms with van der Waals surface area (Å²) in [4.78, 5) is 4.65. The summed E-state index contributed by atoms with van der Waals surface area (Å²) in [5.41, 5.74) is 2.78. The molecule has 0 spiro atoms. The van der Waals surface area contributed by atoms with Crippen molar-refractivity contribution in [1.29, 1.82) is 5.26 Å². The summed E-state index contributed by atoms with van der Waals surface area (Å²) < 4.78 is 7.44. The SMILES string of the molecule is Cn1c(-c2ccco2)nc2cc(C3(C#N)CC3)ccc21. The predicted octanol–water partition coefficient (Wildman–Crippen LogP) is 3.39. The van der Waals surface area contributed by atoms with Crippen LogP contribution in [0.1, 0.15) is 18.4 Å². The second-order valence-corrected chi connectivity index (χ2v) is 5.37. The van der Waals surface area contributed by atoms with E-state index in [1.807, 2.05) is 41.9 Å². The van der Waals surface area contributed by atoms with E-state index in [0.717, 1.165) is 41.0 Å². The molecule has 1 aromatic carbocycles. The number of hydrogen-bond donors (Lipinski definition) is 0. The third-order valence-electron chi connectivity index (χ3n) is 4.14. The summed E-state index contributed by atoms with van der Waals surface area (Å²) in [6.07, 6.45) is 3.55. The highest BCUT2D eigenvalue weighted by Gasteiger charge is 2.45. The molecular formula is C16H13N3O. The number of nitrogens with zero attached hydrogens (tertiary/aromatic N) is 3. The molecule has 98 valence electrons. The number of nitriles is 1. The number of furan rings is 1. The smallest absolute Gasteiger partial charge is 0.176 e. The molecule has 0 unspecified atom stereocenters. The maximum Gasteiger partial charge on any atom is 0.176 e. The quantitative estimate of drug-likeness (QED) is 0.712. The van der Waals surface area contributed by atoms with Crippen molar-refractivity contribution < 1.29 is 4.42 Å². The van der Waals surface area contributed by atoms with Crippen LogP contribution in [0.15, 0.2) is 41.0 Å². The van der Waals surface area contributed by atoms with Gasteiger partial charge in [0, 0.05) is 7.05 Å². The molecule has 1 aliphatic carbocycles. The molecule has 1 aliphatic rings. The van der Waals surface area contributed by atoms with Crippen molar-refractivity contribution in [2.24, 2.45) is 7.05 Å². The molecule has 0 radical (unpaired) electrons. The number of aromatic nitrogens is 2. The van der Waals surface area contributed by atoms with Crippen LogP contribution in [-0.4, -0.2) is 9.55 Å². The van der Waals surface area contributed by atoms with Gasteiger partial charge in [0.25, 0.3) is 0 Å². The Bertz CT molecular complexity index is 833. The van der Waals surface area contributed by atoms with Gasteiger partial charge >= 0.3 is 0 Å². The van der Waals surface area contributed by atoms with Gasteiger partial charge in [-0.1, -0.05) is 6.07 Å². The number of imidazole rings is 1. The van der Waals surface area contributed by atoms with Crippen LogP contribution >= 0.6 is 0 Å². The fourth-order valence-electron chi connectivity index (χ4n) is 2.71. The Balaban J connectivity index is 1.91. The first-order valence-corrected chi connectivity index (χ1v) is 6.66. The van der Waals surface area contributed by atoms with Gasteiger partial charge in [0.15, 0.2) is 11.6 Å². The summed E-state index contributed by atoms with van der Waals surface area (Å²) in [5, 5.41) is 9.30. The molecule has 0 bridgehead atoms. The van der Waals surface area contributed by atoms with E-state index in [4.69, 9.17) is 4.42 Å². The maximum atomic E-state index is 9.30. The molecule has 2 heterocycles. The van der Waals surface area contributed by atoms with Crippen LogP contribution in [0.25, 0.3) is 22.6 Å². The summed E-state index contributed by atoms with van der Waals surface area (Å²) >= 11 is 0. The molecule has 0 aliphatic heterocycles. The van der Waals surface area contributed by atoms with Crippen molar-refractivity contribution >= 4 is 11.0 Å². The summed E-state index contributed by atoms with van der Waals surface area (Å²) in [6, 6.07) is 12.3. The summed E-state index contributed by atoms with van der Waals surface area (Å²) in [7, 11) is 1.98. The topological polar surface area (TPSA) is 54.8 Å². The van der Waals surface area contributed by atoms with Crippen molar-refractivity contribution in [2.75, 3.05) is 0 Å². The third kappa shape index (κ3) is 1.44. The molecule has 1 fully saturated rings. The van der Waals surface area contributed by atoms with Crippen LogP contribution in [0.4, 0.5) is 0 Å². The van der Waals surface area contributed by atoms with Crippen LogP contribution in [0.2, 0.25) is 0 Å². The van der Waals surface area contributed by atoms with Crippen molar-refractivity contribution in [2.45, 2.75) is 18.3 Å². The van der Waals surface area contributed by atoms with E-state index in [0.29, 0.717) is 0 Å². The zero-order valence-corrected chi connectivity index (χ0v) is 11.1. The molecule has 0 saturated heterocycles. The zero-order valence-electron chi connectivity index (χ0n) is 11.1. The van der Waals surface area contributed by atoms with Gasteiger partial charge in [-0.2, -0.15) is 5.26 Å². The monoisotopic (exact) mass is 263 g/mol. The van der Waals surface area contributed by atoms with Gasteiger partial charge in [0.2, 0.25) is 0 Å². The minimum atomic E-state index is -0.267. The molecule has 3 aromatic rings. The van der Waals surface area contributed by atoms with E-state index in [1.165, 1.54) is 0 Å². The molecular weight excluding hydrogens is 250 g/mol. The minimum Gasteiger partial charge on any atom is -0.461 e. The Morgan fingerprint density at radius 2 is 2.20 bits per heavy atom. The number of rotatable bonds is 2. The molecule has 4 heteroatoms. The van der Waals surface area contributed by atoms with Gasteiger partial charge in [0.05, 0.1) is 28.8 Å². The Morgan fingerprint density at radius 1 is 1.35 bits per heavy atom. The van der Waals surface area contributed by atoms with E-state index in [-0.39, 0.29) is 5.41 Å². The average Bonchev–Trinajstić information content (AvgIpc) is 2.95. The van der Waals surface area contributed by atoms with Crippen LogP contribution < -0.4 is 0 Å². The van der Waals surface area contributed by atoms with E-state index >= 15 is 0 Å². The first kappa shape index (κ1) is 11.3. The maximum absolute atomic E-state index is 9.30. The van der Waals surface area contributed by atoms with Gasteiger partial charge in [-0.05, 0) is 42.7 Å². The Morgan fingerprint density at radius 3 is 2.85 bits per heavy atom. The Labute approximate surface area is 116 Å². The van der Waals surface area contributed by atoms with E-state index < -0.39 is 0 Å². The lowest BCUT2D eigenvalue weighted by atomic mass is 9.97. The molecule has 20 heavy (non-hydrogen) atoms. The van der Waals surface area contributed by atoms with Crippen molar-refractivity contribution in [3.05, 3.63) is 42.2 Å². The lowest BCUT2D eigenvalue weighted by Gasteiger charge is -2.05. The molecule has 0 amide bonds. The second-order valence-electron chi connectivity index (χ2n) is 5.37. The highest BCUT2D eigenvalue weighted by molar-refractivity contribution is 5.81. The summed E-state index contributed by atoms with van der Waals surface area (Å²) in [5.74, 6) is 1.57. The van der Waals surface area contributed by atoms with Gasteiger partial charge in [-0.25, -0.2) is 4.98 Å². The predicted molar refractivity (Wildman–Crippen MR) is 74.9 cm³/mol. The molecule has 2 aromatic heterocycles. The van der Waals surface area contributed by atoms with Crippen molar-refractivity contribution in [3.63, 3.8) is 0 Å². The summed E-state index contributed by atoms with van der Waals surface area (Å²) in [6.45, 7) is 0. The average molecular weight is 263 g/mol. The normalized spacial score (nSPS) is 16.2. The molecule has 0 N–H and O–H groups in total. The minimum absolute atomic E-state index is 0.267. The lowest BCUT2D eigenvalue weighted by Crippen LogP contribution is -2.01. The van der Waals surface area contributed by atoms with Crippen molar-refractivity contribution in [1.82, 2.24) is 9.55 Å². The first-order chi connectivity index (χ1) is 9.73. The number of hydrogen-bond acceptors (Lipinski definition) is 3. The van der Waals surface area contributed by atoms with Crippen LogP contribution in [0.3, 0.4) is 0 Å². The standard InChI is InChI=1S/C16H13N3O/c1-19-13-5-4-11(16(10-17)6-7-16)9-12(13)18-15(19)14-3-2-8-20-14/h2-5,8-9H,6-7H2,1H3. The van der Waals surface area contributed by atoms with E-state index in [2.05, 4.69) is 11.1 Å². The van der Waals surface area contributed by atoms with Crippen LogP contribution in [-0.2, 0) is 12.5 Å². The van der Waals surface area contributed by atoms with Gasteiger partial charge in [-0.15, -0.1) is 0 Å². The van der Waals surface area contributed by atoms with Crippen LogP contribution in [0, 0.1) is 11.3 Å². The molecule has 1 saturated carbocycles. The van der Waals surface area contributed by atoms with Crippen molar-refractivity contribution in [3.8, 4) is 17.7 Å². The zero-order chi connectivity index (χ0) is 13.7. The number of aryl methyl sites for hydroxylation is 1. The molecule has 4 rings (SSSR count).